The molecule has 5 heteroatoms. The van der Waals surface area contributed by atoms with Gasteiger partial charge in [0.05, 0.1) is 18.8 Å². The summed E-state index contributed by atoms with van der Waals surface area (Å²) in [5.41, 5.74) is 0.821. The van der Waals surface area contributed by atoms with Gasteiger partial charge in [0.2, 0.25) is 0 Å². The maximum Gasteiger partial charge on any atom is 0.136 e. The Kier molecular flexibility index (Phi) is 4.96. The van der Waals surface area contributed by atoms with E-state index >= 15 is 0 Å². The molecule has 0 aliphatic heterocycles. The van der Waals surface area contributed by atoms with E-state index in [1.54, 1.807) is 18.4 Å². The van der Waals surface area contributed by atoms with Crippen LogP contribution in [-0.4, -0.2) is 17.1 Å². The van der Waals surface area contributed by atoms with E-state index < -0.39 is 0 Å². The summed E-state index contributed by atoms with van der Waals surface area (Å²) in [5.74, 6) is 1.69. The van der Waals surface area contributed by atoms with Crippen LogP contribution in [0.1, 0.15) is 42.0 Å². The fraction of sp³-hybridized carbons (Fsp3) is 0.500. The molecule has 2 rings (SSSR count). The van der Waals surface area contributed by atoms with E-state index in [1.807, 2.05) is 6.07 Å². The lowest BCUT2D eigenvalue weighted by atomic mass is 9.95. The summed E-state index contributed by atoms with van der Waals surface area (Å²) in [4.78, 5) is 11.8. The highest BCUT2D eigenvalue weighted by molar-refractivity contribution is 7.11. The lowest BCUT2D eigenvalue weighted by molar-refractivity contribution is 0.181. The first-order valence-corrected chi connectivity index (χ1v) is 7.86. The number of ether oxygens (including phenoxy) is 1. The Balaban J connectivity index is 2.19. The van der Waals surface area contributed by atoms with Crippen LogP contribution in [0.4, 0.5) is 5.82 Å². The number of nitrogens with one attached hydrogen (secondary N) is 1. The molecule has 2 aromatic rings. The summed E-state index contributed by atoms with van der Waals surface area (Å²) in [6.07, 6.45) is 0. The number of anilines is 1. The van der Waals surface area contributed by atoms with E-state index in [0.717, 1.165) is 23.9 Å². The van der Waals surface area contributed by atoms with Crippen molar-refractivity contribution in [1.29, 1.82) is 0 Å². The maximum atomic E-state index is 5.20. The monoisotopic (exact) mass is 305 g/mol. The molecular weight excluding hydrogens is 282 g/mol. The van der Waals surface area contributed by atoms with Gasteiger partial charge in [0, 0.05) is 28.3 Å². The van der Waals surface area contributed by atoms with Crippen LogP contribution in [0, 0.1) is 6.92 Å². The smallest absolute Gasteiger partial charge is 0.136 e. The van der Waals surface area contributed by atoms with Crippen molar-refractivity contribution in [3.05, 3.63) is 39.5 Å². The summed E-state index contributed by atoms with van der Waals surface area (Å²) in [7, 11) is 1.68. The molecule has 114 valence electrons. The van der Waals surface area contributed by atoms with E-state index in [2.05, 4.69) is 55.1 Å². The minimum atomic E-state index is -0.0836. The first-order valence-electron chi connectivity index (χ1n) is 7.05. The molecular formula is C16H23N3OS. The zero-order chi connectivity index (χ0) is 15.5. The Morgan fingerprint density at radius 1 is 1.24 bits per heavy atom. The van der Waals surface area contributed by atoms with E-state index in [9.17, 15) is 0 Å². The summed E-state index contributed by atoms with van der Waals surface area (Å²) < 4.78 is 5.20. The molecule has 2 heterocycles. The first kappa shape index (κ1) is 15.9. The molecule has 0 atom stereocenters. The third-order valence-electron chi connectivity index (χ3n) is 2.98. The van der Waals surface area contributed by atoms with Crippen LogP contribution >= 0.6 is 11.3 Å². The minimum absolute atomic E-state index is 0.0836. The molecule has 0 bridgehead atoms. The van der Waals surface area contributed by atoms with Gasteiger partial charge in [-0.3, -0.25) is 0 Å². The standard InChI is InChI=1S/C16H23N3OS/c1-11-6-7-13(21-11)9-17-14-8-12(10-20-5)18-15(19-14)16(2,3)4/h6-8H,9-10H2,1-5H3,(H,17,18,19). The average Bonchev–Trinajstić information content (AvgIpc) is 2.81. The van der Waals surface area contributed by atoms with E-state index in [1.165, 1.54) is 9.75 Å². The minimum Gasteiger partial charge on any atom is -0.378 e. The molecule has 0 radical (unpaired) electrons. The molecule has 0 unspecified atom stereocenters. The molecule has 0 aromatic carbocycles. The second-order valence-electron chi connectivity index (χ2n) is 6.12. The third kappa shape index (κ3) is 4.51. The van der Waals surface area contributed by atoms with Crippen molar-refractivity contribution >= 4 is 17.2 Å². The van der Waals surface area contributed by atoms with Crippen LogP contribution in [0.3, 0.4) is 0 Å². The zero-order valence-corrected chi connectivity index (χ0v) is 14.2. The number of methoxy groups -OCH3 is 1. The maximum absolute atomic E-state index is 5.20. The molecule has 0 saturated heterocycles. The Labute approximate surface area is 130 Å². The van der Waals surface area contributed by atoms with Gasteiger partial charge in [-0.2, -0.15) is 0 Å². The van der Waals surface area contributed by atoms with Crippen LogP contribution in [0.25, 0.3) is 0 Å². The van der Waals surface area contributed by atoms with Crippen LogP contribution in [-0.2, 0) is 23.3 Å². The van der Waals surface area contributed by atoms with E-state index in [0.29, 0.717) is 6.61 Å². The normalized spacial score (nSPS) is 11.7. The molecule has 0 amide bonds. The highest BCUT2D eigenvalue weighted by atomic mass is 32.1. The lowest BCUT2D eigenvalue weighted by Crippen LogP contribution is -2.18. The Bertz CT molecular complexity index is 602. The van der Waals surface area contributed by atoms with Crippen molar-refractivity contribution < 1.29 is 4.74 Å². The number of aromatic nitrogens is 2. The van der Waals surface area contributed by atoms with Crippen LogP contribution in [0.5, 0.6) is 0 Å². The molecule has 21 heavy (non-hydrogen) atoms. The van der Waals surface area contributed by atoms with Gasteiger partial charge in [-0.05, 0) is 19.1 Å². The first-order chi connectivity index (χ1) is 9.88. The van der Waals surface area contributed by atoms with Crippen molar-refractivity contribution in [3.8, 4) is 0 Å². The number of aryl methyl sites for hydroxylation is 1. The van der Waals surface area contributed by atoms with Gasteiger partial charge < -0.3 is 10.1 Å². The Morgan fingerprint density at radius 3 is 2.57 bits per heavy atom. The quantitative estimate of drug-likeness (QED) is 0.910. The SMILES string of the molecule is COCc1cc(NCc2ccc(C)s2)nc(C(C)(C)C)n1. The summed E-state index contributed by atoms with van der Waals surface area (Å²) >= 11 is 1.80. The van der Waals surface area contributed by atoms with Crippen molar-refractivity contribution in [2.24, 2.45) is 0 Å². The average molecular weight is 305 g/mol. The van der Waals surface area contributed by atoms with Gasteiger partial charge >= 0.3 is 0 Å². The van der Waals surface area contributed by atoms with Gasteiger partial charge in [0.1, 0.15) is 11.6 Å². The molecule has 0 spiro atoms. The molecule has 0 aliphatic carbocycles. The van der Waals surface area contributed by atoms with Gasteiger partial charge in [-0.25, -0.2) is 9.97 Å². The largest absolute Gasteiger partial charge is 0.378 e. The molecule has 2 aromatic heterocycles. The van der Waals surface area contributed by atoms with E-state index in [-0.39, 0.29) is 5.41 Å². The van der Waals surface area contributed by atoms with Crippen molar-refractivity contribution in [3.63, 3.8) is 0 Å². The second kappa shape index (κ2) is 6.54. The fourth-order valence-electron chi connectivity index (χ4n) is 1.90. The predicted octanol–water partition coefficient (Wildman–Crippen LogP) is 3.90. The molecule has 0 saturated carbocycles. The summed E-state index contributed by atoms with van der Waals surface area (Å²) in [6.45, 7) is 9.75. The summed E-state index contributed by atoms with van der Waals surface area (Å²) in [5, 5.41) is 3.39. The number of nitrogens with zero attached hydrogens (tertiary/aromatic N) is 2. The van der Waals surface area contributed by atoms with Crippen LogP contribution in [0.2, 0.25) is 0 Å². The van der Waals surface area contributed by atoms with Crippen LogP contribution in [0.15, 0.2) is 18.2 Å². The highest BCUT2D eigenvalue weighted by Gasteiger charge is 2.19. The molecule has 0 aliphatic rings. The van der Waals surface area contributed by atoms with Gasteiger partial charge in [0.15, 0.2) is 0 Å². The van der Waals surface area contributed by atoms with Crippen LogP contribution < -0.4 is 5.32 Å². The second-order valence-corrected chi connectivity index (χ2v) is 7.49. The van der Waals surface area contributed by atoms with Crippen molar-refractivity contribution in [1.82, 2.24) is 9.97 Å². The summed E-state index contributed by atoms with van der Waals surface area (Å²) in [6, 6.07) is 6.24. The molecule has 1 N–H and O–H groups in total. The fourth-order valence-corrected chi connectivity index (χ4v) is 2.73. The lowest BCUT2D eigenvalue weighted by Gasteiger charge is -2.18. The number of hydrogen-bond donors (Lipinski definition) is 1. The Hall–Kier alpha value is -1.46. The molecule has 4 nitrogen and oxygen atoms in total. The van der Waals surface area contributed by atoms with Crippen molar-refractivity contribution in [2.45, 2.75) is 46.3 Å². The number of hydrogen-bond acceptors (Lipinski definition) is 5. The van der Waals surface area contributed by atoms with Gasteiger partial charge in [-0.1, -0.05) is 20.8 Å². The molecule has 0 fully saturated rings. The van der Waals surface area contributed by atoms with Gasteiger partial charge in [-0.15, -0.1) is 11.3 Å². The number of rotatable bonds is 5. The number of thiophene rings is 1. The topological polar surface area (TPSA) is 47.0 Å². The van der Waals surface area contributed by atoms with E-state index in [4.69, 9.17) is 4.74 Å². The highest BCUT2D eigenvalue weighted by Crippen LogP contribution is 2.22. The van der Waals surface area contributed by atoms with Gasteiger partial charge in [0.25, 0.3) is 0 Å². The third-order valence-corrected chi connectivity index (χ3v) is 3.98. The predicted molar refractivity (Wildman–Crippen MR) is 87.8 cm³/mol. The van der Waals surface area contributed by atoms with Crippen molar-refractivity contribution in [2.75, 3.05) is 12.4 Å². The zero-order valence-electron chi connectivity index (χ0n) is 13.4. The Morgan fingerprint density at radius 2 is 2.00 bits per heavy atom.